The fraction of sp³-hybridized carbons (Fsp3) is 0.263. The van der Waals surface area contributed by atoms with Crippen molar-refractivity contribution in [3.63, 3.8) is 0 Å². The third-order valence-electron chi connectivity index (χ3n) is 4.07. The van der Waals surface area contributed by atoms with Crippen LogP contribution in [-0.2, 0) is 4.74 Å². The highest BCUT2D eigenvalue weighted by Crippen LogP contribution is 2.30. The number of aryl methyl sites for hydroxylation is 2. The van der Waals surface area contributed by atoms with E-state index >= 15 is 0 Å². The summed E-state index contributed by atoms with van der Waals surface area (Å²) >= 11 is 0. The molecule has 0 bridgehead atoms. The van der Waals surface area contributed by atoms with Gasteiger partial charge in [-0.2, -0.15) is 0 Å². The largest absolute Gasteiger partial charge is 0.383 e. The van der Waals surface area contributed by atoms with Crippen LogP contribution in [-0.4, -0.2) is 30.5 Å². The standard InChI is InChI=1S/C19H21N3O/c1-13-8-9-15(12-14(13)2)18-16-6-4-5-7-17(16)19(22-21-18)20-10-11-23-3/h4-9,12H,10-11H2,1-3H3,(H,20,22). The van der Waals surface area contributed by atoms with Gasteiger partial charge in [-0.25, -0.2) is 0 Å². The Morgan fingerprint density at radius 1 is 0.957 bits per heavy atom. The molecule has 0 saturated heterocycles. The summed E-state index contributed by atoms with van der Waals surface area (Å²) in [6.45, 7) is 5.58. The molecule has 4 nitrogen and oxygen atoms in total. The minimum Gasteiger partial charge on any atom is -0.383 e. The lowest BCUT2D eigenvalue weighted by Crippen LogP contribution is -2.10. The predicted octanol–water partition coefficient (Wildman–Crippen LogP) is 3.97. The number of ether oxygens (including phenoxy) is 1. The SMILES string of the molecule is COCCNc1nnc(-c2ccc(C)c(C)c2)c2ccccc12. The third kappa shape index (κ3) is 3.17. The molecule has 2 aromatic carbocycles. The van der Waals surface area contributed by atoms with Gasteiger partial charge in [0.15, 0.2) is 5.82 Å². The Hall–Kier alpha value is -2.46. The van der Waals surface area contributed by atoms with Gasteiger partial charge in [-0.1, -0.05) is 36.4 Å². The first-order valence-electron chi connectivity index (χ1n) is 7.76. The van der Waals surface area contributed by atoms with Crippen molar-refractivity contribution in [1.82, 2.24) is 10.2 Å². The molecule has 0 atom stereocenters. The van der Waals surface area contributed by atoms with Gasteiger partial charge in [0.05, 0.1) is 6.61 Å². The summed E-state index contributed by atoms with van der Waals surface area (Å²) in [5, 5.41) is 14.3. The maximum absolute atomic E-state index is 5.08. The number of rotatable bonds is 5. The van der Waals surface area contributed by atoms with Gasteiger partial charge in [-0.3, -0.25) is 0 Å². The van der Waals surface area contributed by atoms with Crippen molar-refractivity contribution < 1.29 is 4.74 Å². The molecule has 118 valence electrons. The maximum Gasteiger partial charge on any atom is 0.156 e. The molecule has 0 fully saturated rings. The normalized spacial score (nSPS) is 10.9. The topological polar surface area (TPSA) is 47.0 Å². The Morgan fingerprint density at radius 2 is 1.74 bits per heavy atom. The highest BCUT2D eigenvalue weighted by molar-refractivity contribution is 6.00. The zero-order valence-electron chi connectivity index (χ0n) is 13.8. The average Bonchev–Trinajstić information content (AvgIpc) is 2.58. The van der Waals surface area contributed by atoms with E-state index in [1.807, 2.05) is 12.1 Å². The summed E-state index contributed by atoms with van der Waals surface area (Å²) in [6, 6.07) is 14.6. The molecule has 0 aliphatic rings. The van der Waals surface area contributed by atoms with Crippen molar-refractivity contribution in [3.05, 3.63) is 53.6 Å². The molecule has 0 amide bonds. The second-order valence-electron chi connectivity index (χ2n) is 5.66. The number of anilines is 1. The van der Waals surface area contributed by atoms with Gasteiger partial charge in [0, 0.05) is 30.0 Å². The lowest BCUT2D eigenvalue weighted by Gasteiger charge is -2.11. The second-order valence-corrected chi connectivity index (χ2v) is 5.66. The van der Waals surface area contributed by atoms with Gasteiger partial charge >= 0.3 is 0 Å². The van der Waals surface area contributed by atoms with Crippen molar-refractivity contribution in [2.24, 2.45) is 0 Å². The van der Waals surface area contributed by atoms with Crippen molar-refractivity contribution in [1.29, 1.82) is 0 Å². The highest BCUT2D eigenvalue weighted by atomic mass is 16.5. The predicted molar refractivity (Wildman–Crippen MR) is 94.8 cm³/mol. The van der Waals surface area contributed by atoms with Crippen LogP contribution in [0.1, 0.15) is 11.1 Å². The first-order valence-corrected chi connectivity index (χ1v) is 7.76. The maximum atomic E-state index is 5.08. The van der Waals surface area contributed by atoms with E-state index in [1.54, 1.807) is 7.11 Å². The van der Waals surface area contributed by atoms with Crippen molar-refractivity contribution in [2.45, 2.75) is 13.8 Å². The average molecular weight is 307 g/mol. The lowest BCUT2D eigenvalue weighted by molar-refractivity contribution is 0.210. The summed E-state index contributed by atoms with van der Waals surface area (Å²) in [6.07, 6.45) is 0. The Bertz CT molecular complexity index is 830. The van der Waals surface area contributed by atoms with Crippen LogP contribution >= 0.6 is 0 Å². The van der Waals surface area contributed by atoms with Gasteiger partial charge < -0.3 is 10.1 Å². The molecule has 0 saturated carbocycles. The third-order valence-corrected chi connectivity index (χ3v) is 4.07. The molecule has 4 heteroatoms. The number of nitrogens with zero attached hydrogens (tertiary/aromatic N) is 2. The van der Waals surface area contributed by atoms with Crippen molar-refractivity contribution in [3.8, 4) is 11.3 Å². The van der Waals surface area contributed by atoms with Gasteiger partial charge in [0.25, 0.3) is 0 Å². The molecule has 0 spiro atoms. The van der Waals surface area contributed by atoms with E-state index < -0.39 is 0 Å². The van der Waals surface area contributed by atoms with Crippen LogP contribution in [0.4, 0.5) is 5.82 Å². The summed E-state index contributed by atoms with van der Waals surface area (Å²) in [5.41, 5.74) is 4.56. The van der Waals surface area contributed by atoms with Gasteiger partial charge in [-0.05, 0) is 31.0 Å². The van der Waals surface area contributed by atoms with Crippen LogP contribution in [0, 0.1) is 13.8 Å². The minimum atomic E-state index is 0.634. The fourth-order valence-corrected chi connectivity index (χ4v) is 2.61. The molecule has 3 aromatic rings. The Morgan fingerprint density at radius 3 is 2.48 bits per heavy atom. The van der Waals surface area contributed by atoms with Crippen LogP contribution in [0.3, 0.4) is 0 Å². The monoisotopic (exact) mass is 307 g/mol. The van der Waals surface area contributed by atoms with Gasteiger partial charge in [0.2, 0.25) is 0 Å². The summed E-state index contributed by atoms with van der Waals surface area (Å²) < 4.78 is 5.08. The highest BCUT2D eigenvalue weighted by Gasteiger charge is 2.11. The van der Waals surface area contributed by atoms with E-state index in [9.17, 15) is 0 Å². The van der Waals surface area contributed by atoms with Crippen LogP contribution in [0.15, 0.2) is 42.5 Å². The molecule has 0 aliphatic heterocycles. The minimum absolute atomic E-state index is 0.634. The van der Waals surface area contributed by atoms with E-state index in [-0.39, 0.29) is 0 Å². The molecule has 0 aliphatic carbocycles. The van der Waals surface area contributed by atoms with Crippen molar-refractivity contribution >= 4 is 16.6 Å². The molecule has 3 rings (SSSR count). The van der Waals surface area contributed by atoms with E-state index in [1.165, 1.54) is 11.1 Å². The molecule has 1 N–H and O–H groups in total. The van der Waals surface area contributed by atoms with Crippen LogP contribution < -0.4 is 5.32 Å². The molecule has 0 radical (unpaired) electrons. The zero-order chi connectivity index (χ0) is 16.2. The van der Waals surface area contributed by atoms with E-state index in [0.29, 0.717) is 13.2 Å². The smallest absolute Gasteiger partial charge is 0.156 e. The number of hydrogen-bond donors (Lipinski definition) is 1. The summed E-state index contributed by atoms with van der Waals surface area (Å²) in [4.78, 5) is 0. The lowest BCUT2D eigenvalue weighted by atomic mass is 10.0. The second kappa shape index (κ2) is 6.75. The number of aromatic nitrogens is 2. The molecule has 0 unspecified atom stereocenters. The molecule has 1 heterocycles. The Labute approximate surface area is 136 Å². The molecule has 23 heavy (non-hydrogen) atoms. The Balaban J connectivity index is 2.08. The zero-order valence-corrected chi connectivity index (χ0v) is 13.8. The van der Waals surface area contributed by atoms with Crippen molar-refractivity contribution in [2.75, 3.05) is 25.6 Å². The van der Waals surface area contributed by atoms with Crippen LogP contribution in [0.2, 0.25) is 0 Å². The van der Waals surface area contributed by atoms with Crippen LogP contribution in [0.5, 0.6) is 0 Å². The number of methoxy groups -OCH3 is 1. The summed E-state index contributed by atoms with van der Waals surface area (Å²) in [7, 11) is 1.69. The molecular weight excluding hydrogens is 286 g/mol. The fourth-order valence-electron chi connectivity index (χ4n) is 2.61. The van der Waals surface area contributed by atoms with Gasteiger partial charge in [0.1, 0.15) is 5.69 Å². The molecular formula is C19H21N3O. The summed E-state index contributed by atoms with van der Waals surface area (Å²) in [5.74, 6) is 0.797. The molecule has 1 aromatic heterocycles. The first kappa shape index (κ1) is 15.4. The van der Waals surface area contributed by atoms with Gasteiger partial charge in [-0.15, -0.1) is 10.2 Å². The first-order chi connectivity index (χ1) is 11.2. The number of fused-ring (bicyclic) bond motifs is 1. The number of nitrogens with one attached hydrogen (secondary N) is 1. The Kier molecular flexibility index (Phi) is 4.53. The van der Waals surface area contributed by atoms with E-state index in [0.717, 1.165) is 27.8 Å². The van der Waals surface area contributed by atoms with E-state index in [2.05, 4.69) is 59.7 Å². The van der Waals surface area contributed by atoms with E-state index in [4.69, 9.17) is 4.74 Å². The van der Waals surface area contributed by atoms with Crippen LogP contribution in [0.25, 0.3) is 22.0 Å². The number of benzene rings is 2. The number of hydrogen-bond acceptors (Lipinski definition) is 4. The quantitative estimate of drug-likeness (QED) is 0.724.